The van der Waals surface area contributed by atoms with Crippen LogP contribution in [0.3, 0.4) is 0 Å². The van der Waals surface area contributed by atoms with E-state index in [2.05, 4.69) is 30.3 Å². The monoisotopic (exact) mass is 418 g/mol. The number of hydrogen-bond donors (Lipinski definition) is 3. The predicted octanol–water partition coefficient (Wildman–Crippen LogP) is 3.75. The molecular formula is C21H18N6O2S. The molecule has 0 saturated carbocycles. The minimum absolute atomic E-state index is 0.225. The number of aromatic nitrogens is 3. The molecule has 0 bridgehead atoms. The van der Waals surface area contributed by atoms with Crippen molar-refractivity contribution in [2.45, 2.75) is 6.92 Å². The van der Waals surface area contributed by atoms with Crippen LogP contribution in [0, 0.1) is 6.92 Å². The van der Waals surface area contributed by atoms with Gasteiger partial charge in [-0.1, -0.05) is 18.2 Å². The molecule has 0 atom stereocenters. The van der Waals surface area contributed by atoms with Crippen molar-refractivity contribution < 1.29 is 9.59 Å². The molecule has 2 aromatic heterocycles. The van der Waals surface area contributed by atoms with Crippen LogP contribution in [-0.2, 0) is 0 Å². The summed E-state index contributed by atoms with van der Waals surface area (Å²) >= 11 is 1.17. The van der Waals surface area contributed by atoms with Gasteiger partial charge in [-0.2, -0.15) is 4.37 Å². The SMILES string of the molecule is CNC(=O)c1cccc(NC(=O)c2c(C)nsc2Nc2cnc3ccccc3n2)c1. The van der Waals surface area contributed by atoms with Crippen molar-refractivity contribution in [2.75, 3.05) is 17.7 Å². The summed E-state index contributed by atoms with van der Waals surface area (Å²) in [5.74, 6) is -0.0312. The van der Waals surface area contributed by atoms with E-state index in [4.69, 9.17) is 0 Å². The molecule has 0 unspecified atom stereocenters. The number of amides is 2. The second kappa shape index (κ2) is 8.26. The quantitative estimate of drug-likeness (QED) is 0.455. The highest BCUT2D eigenvalue weighted by atomic mass is 32.1. The number of carbonyl (C=O) groups is 2. The number of nitrogens with one attached hydrogen (secondary N) is 3. The van der Waals surface area contributed by atoms with E-state index in [1.807, 2.05) is 24.3 Å². The number of fused-ring (bicyclic) bond motifs is 1. The van der Waals surface area contributed by atoms with E-state index in [9.17, 15) is 9.59 Å². The van der Waals surface area contributed by atoms with E-state index in [0.717, 1.165) is 11.0 Å². The van der Waals surface area contributed by atoms with E-state index < -0.39 is 0 Å². The zero-order valence-corrected chi connectivity index (χ0v) is 17.1. The Morgan fingerprint density at radius 2 is 1.80 bits per heavy atom. The summed E-state index contributed by atoms with van der Waals surface area (Å²) in [7, 11) is 1.56. The minimum Gasteiger partial charge on any atom is -0.355 e. The number of aryl methyl sites for hydroxylation is 1. The van der Waals surface area contributed by atoms with Crippen LogP contribution in [0.2, 0.25) is 0 Å². The van der Waals surface area contributed by atoms with Crippen molar-refractivity contribution in [2.24, 2.45) is 0 Å². The number of rotatable bonds is 5. The molecule has 30 heavy (non-hydrogen) atoms. The van der Waals surface area contributed by atoms with Gasteiger partial charge in [0.15, 0.2) is 0 Å². The normalized spacial score (nSPS) is 10.6. The van der Waals surface area contributed by atoms with Crippen LogP contribution in [0.15, 0.2) is 54.7 Å². The second-order valence-electron chi connectivity index (χ2n) is 6.46. The molecule has 0 aliphatic carbocycles. The highest BCUT2D eigenvalue weighted by Gasteiger charge is 2.20. The van der Waals surface area contributed by atoms with Crippen LogP contribution in [0.25, 0.3) is 11.0 Å². The van der Waals surface area contributed by atoms with Gasteiger partial charge in [-0.25, -0.2) is 4.98 Å². The van der Waals surface area contributed by atoms with Crippen molar-refractivity contribution >= 4 is 50.9 Å². The highest BCUT2D eigenvalue weighted by Crippen LogP contribution is 2.28. The van der Waals surface area contributed by atoms with Gasteiger partial charge < -0.3 is 16.0 Å². The molecule has 0 spiro atoms. The number of anilines is 3. The molecule has 2 heterocycles. The molecule has 0 fully saturated rings. The summed E-state index contributed by atoms with van der Waals surface area (Å²) in [6, 6.07) is 14.3. The molecule has 4 aromatic rings. The Morgan fingerprint density at radius 3 is 2.60 bits per heavy atom. The first-order chi connectivity index (χ1) is 14.5. The van der Waals surface area contributed by atoms with Gasteiger partial charge >= 0.3 is 0 Å². The second-order valence-corrected chi connectivity index (χ2v) is 7.23. The van der Waals surface area contributed by atoms with Crippen molar-refractivity contribution in [3.05, 3.63) is 71.5 Å². The van der Waals surface area contributed by atoms with Crippen molar-refractivity contribution in [3.63, 3.8) is 0 Å². The van der Waals surface area contributed by atoms with Gasteiger partial charge in [0.25, 0.3) is 11.8 Å². The Morgan fingerprint density at radius 1 is 1.00 bits per heavy atom. The van der Waals surface area contributed by atoms with E-state index in [1.165, 1.54) is 11.5 Å². The van der Waals surface area contributed by atoms with Crippen LogP contribution in [-0.4, -0.2) is 33.2 Å². The van der Waals surface area contributed by atoms with Crippen LogP contribution in [0.1, 0.15) is 26.4 Å². The molecule has 0 aliphatic heterocycles. The van der Waals surface area contributed by atoms with Gasteiger partial charge in [-0.3, -0.25) is 14.6 Å². The van der Waals surface area contributed by atoms with Crippen LogP contribution >= 0.6 is 11.5 Å². The molecule has 0 saturated heterocycles. The fourth-order valence-corrected chi connectivity index (χ4v) is 3.73. The fraction of sp³-hybridized carbons (Fsp3) is 0.0952. The fourth-order valence-electron chi connectivity index (χ4n) is 2.93. The predicted molar refractivity (Wildman–Crippen MR) is 117 cm³/mol. The van der Waals surface area contributed by atoms with E-state index in [0.29, 0.717) is 33.3 Å². The van der Waals surface area contributed by atoms with Gasteiger partial charge in [-0.05, 0) is 48.8 Å². The molecule has 2 aromatic carbocycles. The van der Waals surface area contributed by atoms with E-state index in [-0.39, 0.29) is 11.8 Å². The molecule has 4 rings (SSSR count). The summed E-state index contributed by atoms with van der Waals surface area (Å²) in [4.78, 5) is 33.7. The summed E-state index contributed by atoms with van der Waals surface area (Å²) in [6.07, 6.45) is 1.62. The summed E-state index contributed by atoms with van der Waals surface area (Å²) < 4.78 is 4.30. The average molecular weight is 418 g/mol. The Kier molecular flexibility index (Phi) is 5.36. The number of hydrogen-bond acceptors (Lipinski definition) is 7. The van der Waals surface area contributed by atoms with Gasteiger partial charge in [0.2, 0.25) is 0 Å². The Labute approximate surface area is 176 Å². The van der Waals surface area contributed by atoms with Gasteiger partial charge in [0, 0.05) is 18.3 Å². The molecule has 8 nitrogen and oxygen atoms in total. The van der Waals surface area contributed by atoms with E-state index >= 15 is 0 Å². The maximum atomic E-state index is 12.9. The first kappa shape index (κ1) is 19.5. The lowest BCUT2D eigenvalue weighted by Crippen LogP contribution is -2.18. The van der Waals surface area contributed by atoms with Crippen LogP contribution < -0.4 is 16.0 Å². The Hall–Kier alpha value is -3.85. The van der Waals surface area contributed by atoms with Crippen molar-refractivity contribution in [1.82, 2.24) is 19.7 Å². The Bertz CT molecular complexity index is 1250. The summed E-state index contributed by atoms with van der Waals surface area (Å²) in [6.45, 7) is 1.77. The average Bonchev–Trinajstić information content (AvgIpc) is 3.13. The number of benzene rings is 2. The maximum absolute atomic E-state index is 12.9. The molecule has 2 amide bonds. The minimum atomic E-state index is -0.327. The van der Waals surface area contributed by atoms with Crippen molar-refractivity contribution in [3.8, 4) is 0 Å². The summed E-state index contributed by atoms with van der Waals surface area (Å²) in [5.41, 5.74) is 3.53. The lowest BCUT2D eigenvalue weighted by atomic mass is 10.1. The standard InChI is InChI=1S/C21H18N6O2S/c1-12-18(20(29)24-14-7-5-6-13(10-14)19(28)22-2)21(30-27-12)26-17-11-23-15-8-3-4-9-16(15)25-17/h3-11H,1-2H3,(H,22,28)(H,24,29)(H,25,26). The highest BCUT2D eigenvalue weighted by molar-refractivity contribution is 7.10. The topological polar surface area (TPSA) is 109 Å². The third-order valence-corrected chi connectivity index (χ3v) is 5.24. The van der Waals surface area contributed by atoms with Crippen molar-refractivity contribution in [1.29, 1.82) is 0 Å². The number of nitrogens with zero attached hydrogens (tertiary/aromatic N) is 3. The Balaban J connectivity index is 1.58. The molecule has 150 valence electrons. The third-order valence-electron chi connectivity index (χ3n) is 4.39. The molecular weight excluding hydrogens is 400 g/mol. The first-order valence-electron chi connectivity index (χ1n) is 9.13. The van der Waals surface area contributed by atoms with Crippen LogP contribution in [0.4, 0.5) is 16.5 Å². The molecule has 3 N–H and O–H groups in total. The van der Waals surface area contributed by atoms with Crippen LogP contribution in [0.5, 0.6) is 0 Å². The van der Waals surface area contributed by atoms with Gasteiger partial charge in [-0.15, -0.1) is 0 Å². The third kappa shape index (κ3) is 3.96. The van der Waals surface area contributed by atoms with E-state index in [1.54, 1.807) is 44.4 Å². The number of para-hydroxylation sites is 2. The first-order valence-corrected chi connectivity index (χ1v) is 9.91. The number of carbonyl (C=O) groups excluding carboxylic acids is 2. The molecule has 0 radical (unpaired) electrons. The lowest BCUT2D eigenvalue weighted by molar-refractivity contribution is 0.0961. The smallest absolute Gasteiger partial charge is 0.260 e. The zero-order chi connectivity index (χ0) is 21.1. The van der Waals surface area contributed by atoms with Gasteiger partial charge in [0.1, 0.15) is 10.8 Å². The van der Waals surface area contributed by atoms with Gasteiger partial charge in [0.05, 0.1) is 28.5 Å². The lowest BCUT2D eigenvalue weighted by Gasteiger charge is -2.09. The molecule has 0 aliphatic rings. The zero-order valence-electron chi connectivity index (χ0n) is 16.3. The largest absolute Gasteiger partial charge is 0.355 e. The molecule has 9 heteroatoms. The summed E-state index contributed by atoms with van der Waals surface area (Å²) in [5, 5.41) is 9.11. The maximum Gasteiger partial charge on any atom is 0.260 e.